The van der Waals surface area contributed by atoms with E-state index in [4.69, 9.17) is 0 Å². The van der Waals surface area contributed by atoms with Gasteiger partial charge >= 0.3 is 0 Å². The van der Waals surface area contributed by atoms with Crippen LogP contribution in [-0.2, 0) is 4.79 Å². The van der Waals surface area contributed by atoms with E-state index in [0.717, 1.165) is 4.47 Å². The van der Waals surface area contributed by atoms with Crippen LogP contribution >= 0.6 is 15.9 Å². The number of hydrogen-bond acceptors (Lipinski definition) is 2. The maximum absolute atomic E-state index is 12.4. The Labute approximate surface area is 137 Å². The van der Waals surface area contributed by atoms with Crippen molar-refractivity contribution in [3.05, 3.63) is 46.7 Å². The number of anilines is 2. The van der Waals surface area contributed by atoms with E-state index in [-0.39, 0.29) is 17.9 Å². The number of benzene rings is 1. The van der Waals surface area contributed by atoms with Gasteiger partial charge in [0.25, 0.3) is 5.91 Å². The van der Waals surface area contributed by atoms with E-state index in [0.29, 0.717) is 17.1 Å². The minimum atomic E-state index is -0.174. The third-order valence-corrected chi connectivity index (χ3v) is 3.50. The van der Waals surface area contributed by atoms with Gasteiger partial charge in [-0.05, 0) is 60.1 Å². The largest absolute Gasteiger partial charge is 0.340 e. The molecular weight excluding hydrogens is 346 g/mol. The zero-order valence-corrected chi connectivity index (χ0v) is 14.3. The molecule has 2 aromatic rings. The van der Waals surface area contributed by atoms with Gasteiger partial charge in [0.1, 0.15) is 5.69 Å². The molecule has 0 aliphatic rings. The minimum absolute atomic E-state index is 0.128. The van der Waals surface area contributed by atoms with E-state index < -0.39 is 0 Å². The van der Waals surface area contributed by atoms with Crippen LogP contribution in [0, 0.1) is 0 Å². The Balaban J connectivity index is 2.13. The first-order valence-corrected chi connectivity index (χ1v) is 7.72. The Hall–Kier alpha value is -2.08. The molecule has 0 radical (unpaired) electrons. The molecule has 5 nitrogen and oxygen atoms in total. The lowest BCUT2D eigenvalue weighted by molar-refractivity contribution is -0.114. The topological polar surface area (TPSA) is 63.1 Å². The van der Waals surface area contributed by atoms with Crippen LogP contribution in [0.3, 0.4) is 0 Å². The molecule has 0 aliphatic heterocycles. The molecule has 0 unspecified atom stereocenters. The SMILES string of the molecule is CC(=O)Nc1ccc(NC(=O)c2cc(Br)cn2C(C)C)cc1. The van der Waals surface area contributed by atoms with E-state index in [1.54, 1.807) is 30.3 Å². The van der Waals surface area contributed by atoms with E-state index >= 15 is 0 Å². The Morgan fingerprint density at radius 3 is 2.14 bits per heavy atom. The molecule has 0 saturated heterocycles. The van der Waals surface area contributed by atoms with E-state index in [1.807, 2.05) is 24.6 Å². The molecule has 22 heavy (non-hydrogen) atoms. The molecular formula is C16H18BrN3O2. The zero-order valence-electron chi connectivity index (χ0n) is 12.7. The van der Waals surface area contributed by atoms with Gasteiger partial charge in [-0.1, -0.05) is 0 Å². The van der Waals surface area contributed by atoms with Crippen LogP contribution in [0.4, 0.5) is 11.4 Å². The van der Waals surface area contributed by atoms with Crippen molar-refractivity contribution in [3.8, 4) is 0 Å². The number of halogens is 1. The van der Waals surface area contributed by atoms with Gasteiger partial charge in [0.05, 0.1) is 0 Å². The van der Waals surface area contributed by atoms with Crippen LogP contribution in [0.15, 0.2) is 41.0 Å². The number of nitrogens with one attached hydrogen (secondary N) is 2. The molecule has 0 aliphatic carbocycles. The third kappa shape index (κ3) is 3.98. The Morgan fingerprint density at radius 2 is 1.64 bits per heavy atom. The highest BCUT2D eigenvalue weighted by Gasteiger charge is 2.15. The maximum atomic E-state index is 12.4. The molecule has 6 heteroatoms. The van der Waals surface area contributed by atoms with Crippen molar-refractivity contribution in [2.75, 3.05) is 10.6 Å². The summed E-state index contributed by atoms with van der Waals surface area (Å²) in [5.41, 5.74) is 1.96. The Kier molecular flexibility index (Phi) is 5.03. The fourth-order valence-corrected chi connectivity index (χ4v) is 2.53. The summed E-state index contributed by atoms with van der Waals surface area (Å²) in [5, 5.41) is 5.54. The quantitative estimate of drug-likeness (QED) is 0.860. The number of nitrogens with zero attached hydrogens (tertiary/aromatic N) is 1. The lowest BCUT2D eigenvalue weighted by Crippen LogP contribution is -2.17. The first kappa shape index (κ1) is 16.3. The Bertz CT molecular complexity index is 690. The molecule has 0 atom stereocenters. The molecule has 2 rings (SSSR count). The number of amides is 2. The van der Waals surface area contributed by atoms with Crippen LogP contribution in [0.5, 0.6) is 0 Å². The van der Waals surface area contributed by atoms with Crippen molar-refractivity contribution in [2.24, 2.45) is 0 Å². The normalized spacial score (nSPS) is 10.6. The van der Waals surface area contributed by atoms with E-state index in [9.17, 15) is 9.59 Å². The van der Waals surface area contributed by atoms with Crippen molar-refractivity contribution in [2.45, 2.75) is 26.8 Å². The number of carbonyl (C=O) groups is 2. The van der Waals surface area contributed by atoms with Gasteiger partial charge in [0.2, 0.25) is 5.91 Å². The summed E-state index contributed by atoms with van der Waals surface area (Å²) in [6.45, 7) is 5.49. The second kappa shape index (κ2) is 6.79. The molecule has 1 aromatic carbocycles. The van der Waals surface area contributed by atoms with Crippen LogP contribution in [0.25, 0.3) is 0 Å². The van der Waals surface area contributed by atoms with Crippen LogP contribution in [-0.4, -0.2) is 16.4 Å². The molecule has 0 spiro atoms. The average Bonchev–Trinajstić information content (AvgIpc) is 2.83. The summed E-state index contributed by atoms with van der Waals surface area (Å²) < 4.78 is 2.78. The summed E-state index contributed by atoms with van der Waals surface area (Å²) in [6.07, 6.45) is 1.89. The van der Waals surface area contributed by atoms with Gasteiger partial charge in [-0.3, -0.25) is 9.59 Å². The number of aromatic nitrogens is 1. The predicted octanol–water partition coefficient (Wildman–Crippen LogP) is 4.04. The number of carbonyl (C=O) groups excluding carboxylic acids is 2. The minimum Gasteiger partial charge on any atom is -0.340 e. The third-order valence-electron chi connectivity index (χ3n) is 3.07. The summed E-state index contributed by atoms with van der Waals surface area (Å²) in [4.78, 5) is 23.4. The zero-order chi connectivity index (χ0) is 16.3. The van der Waals surface area contributed by atoms with Gasteiger partial charge in [-0.25, -0.2) is 0 Å². The van der Waals surface area contributed by atoms with Gasteiger partial charge in [-0.15, -0.1) is 0 Å². The summed E-state index contributed by atoms with van der Waals surface area (Å²) >= 11 is 3.40. The van der Waals surface area contributed by atoms with Crippen molar-refractivity contribution in [3.63, 3.8) is 0 Å². The number of hydrogen-bond donors (Lipinski definition) is 2. The molecule has 1 heterocycles. The van der Waals surface area contributed by atoms with E-state index in [2.05, 4.69) is 26.6 Å². The first-order valence-electron chi connectivity index (χ1n) is 6.93. The molecule has 2 amide bonds. The van der Waals surface area contributed by atoms with Gasteiger partial charge in [0.15, 0.2) is 0 Å². The highest BCUT2D eigenvalue weighted by molar-refractivity contribution is 9.10. The fraction of sp³-hybridized carbons (Fsp3) is 0.250. The van der Waals surface area contributed by atoms with Crippen molar-refractivity contribution >= 4 is 39.1 Å². The summed E-state index contributed by atoms with van der Waals surface area (Å²) in [7, 11) is 0. The first-order chi connectivity index (χ1) is 10.4. The van der Waals surface area contributed by atoms with Crippen LogP contribution < -0.4 is 10.6 Å². The average molecular weight is 364 g/mol. The highest BCUT2D eigenvalue weighted by Crippen LogP contribution is 2.21. The predicted molar refractivity (Wildman–Crippen MR) is 91.2 cm³/mol. The fourth-order valence-electron chi connectivity index (χ4n) is 2.09. The van der Waals surface area contributed by atoms with Gasteiger partial charge in [-0.2, -0.15) is 0 Å². The smallest absolute Gasteiger partial charge is 0.272 e. The molecule has 1 aromatic heterocycles. The van der Waals surface area contributed by atoms with Crippen LogP contribution in [0.1, 0.15) is 37.3 Å². The van der Waals surface area contributed by atoms with Gasteiger partial charge in [0, 0.05) is 35.0 Å². The molecule has 116 valence electrons. The monoisotopic (exact) mass is 363 g/mol. The Morgan fingerprint density at radius 1 is 1.09 bits per heavy atom. The maximum Gasteiger partial charge on any atom is 0.272 e. The van der Waals surface area contributed by atoms with E-state index in [1.165, 1.54) is 6.92 Å². The molecule has 0 saturated carbocycles. The van der Waals surface area contributed by atoms with Crippen LogP contribution in [0.2, 0.25) is 0 Å². The van der Waals surface area contributed by atoms with Crippen molar-refractivity contribution < 1.29 is 9.59 Å². The van der Waals surface area contributed by atoms with Crippen molar-refractivity contribution in [1.82, 2.24) is 4.57 Å². The number of rotatable bonds is 4. The lowest BCUT2D eigenvalue weighted by Gasteiger charge is -2.13. The second-order valence-electron chi connectivity index (χ2n) is 5.26. The molecule has 0 bridgehead atoms. The second-order valence-corrected chi connectivity index (χ2v) is 6.17. The highest BCUT2D eigenvalue weighted by atomic mass is 79.9. The van der Waals surface area contributed by atoms with Gasteiger partial charge < -0.3 is 15.2 Å². The lowest BCUT2D eigenvalue weighted by atomic mass is 10.2. The standard InChI is InChI=1S/C16H18BrN3O2/c1-10(2)20-9-12(17)8-15(20)16(22)19-14-6-4-13(5-7-14)18-11(3)21/h4-10H,1-3H3,(H,18,21)(H,19,22). The molecule has 0 fully saturated rings. The summed E-state index contributed by atoms with van der Waals surface area (Å²) in [5.74, 6) is -0.303. The molecule has 2 N–H and O–H groups in total. The summed E-state index contributed by atoms with van der Waals surface area (Å²) in [6, 6.07) is 8.97. The van der Waals surface area contributed by atoms with Crippen molar-refractivity contribution in [1.29, 1.82) is 0 Å².